The Hall–Kier alpha value is -4.19. The van der Waals surface area contributed by atoms with Crippen LogP contribution in [0.15, 0.2) is 53.5 Å². The Balaban J connectivity index is 1.33. The molecule has 0 spiro atoms. The Labute approximate surface area is 232 Å². The molecule has 3 heterocycles. The van der Waals surface area contributed by atoms with Crippen molar-refractivity contribution in [1.82, 2.24) is 15.2 Å². The van der Waals surface area contributed by atoms with E-state index in [9.17, 15) is 31.9 Å². The number of alkyl halides is 3. The van der Waals surface area contributed by atoms with Crippen molar-refractivity contribution in [3.63, 3.8) is 0 Å². The highest BCUT2D eigenvalue weighted by Crippen LogP contribution is 2.34. The van der Waals surface area contributed by atoms with Gasteiger partial charge in [0.25, 0.3) is 11.5 Å². The molecule has 0 radical (unpaired) electrons. The van der Waals surface area contributed by atoms with Crippen LogP contribution in [0, 0.1) is 17.7 Å². The molecule has 5 rings (SSSR count). The number of benzene rings is 2. The number of carbonyl (C=O) groups excluding carboxylic acids is 2. The minimum absolute atomic E-state index is 0.00845. The lowest BCUT2D eigenvalue weighted by Crippen LogP contribution is -2.32. The van der Waals surface area contributed by atoms with Crippen LogP contribution in [-0.4, -0.2) is 54.5 Å². The maximum absolute atomic E-state index is 15.0. The van der Waals surface area contributed by atoms with Crippen molar-refractivity contribution in [2.75, 3.05) is 38.1 Å². The van der Waals surface area contributed by atoms with Gasteiger partial charge in [-0.1, -0.05) is 12.1 Å². The van der Waals surface area contributed by atoms with E-state index in [4.69, 9.17) is 4.74 Å². The first-order chi connectivity index (χ1) is 19.5. The summed E-state index contributed by atoms with van der Waals surface area (Å²) in [6.07, 6.45) is -3.81. The lowest BCUT2D eigenvalue weighted by atomic mass is 10.0. The monoisotopic (exact) mass is 572 g/mol. The van der Waals surface area contributed by atoms with E-state index >= 15 is 0 Å². The highest BCUT2D eigenvalue weighted by Gasteiger charge is 2.39. The van der Waals surface area contributed by atoms with Crippen molar-refractivity contribution >= 4 is 17.5 Å². The molecular weight excluding hydrogens is 544 g/mol. The molecule has 41 heavy (non-hydrogen) atoms. The first kappa shape index (κ1) is 28.3. The molecule has 2 fully saturated rings. The predicted molar refractivity (Wildman–Crippen MR) is 143 cm³/mol. The first-order valence-electron chi connectivity index (χ1n) is 13.2. The summed E-state index contributed by atoms with van der Waals surface area (Å²) in [6, 6.07) is 8.11. The number of nitrogens with zero attached hydrogens (tertiary/aromatic N) is 1. The first-order valence-corrected chi connectivity index (χ1v) is 13.2. The number of anilines is 1. The van der Waals surface area contributed by atoms with Crippen LogP contribution in [0.25, 0.3) is 11.1 Å². The quantitative estimate of drug-likeness (QED) is 0.371. The number of fused-ring (bicyclic) bond motifs is 1. The van der Waals surface area contributed by atoms with Gasteiger partial charge in [-0.15, -0.1) is 0 Å². The van der Waals surface area contributed by atoms with Gasteiger partial charge in [-0.25, -0.2) is 4.39 Å². The number of aromatic nitrogens is 1. The van der Waals surface area contributed by atoms with Gasteiger partial charge in [0, 0.05) is 55.3 Å². The molecule has 3 N–H and O–H groups in total. The average molecular weight is 573 g/mol. The van der Waals surface area contributed by atoms with Gasteiger partial charge >= 0.3 is 6.18 Å². The smallest absolute Gasteiger partial charge is 0.416 e. The zero-order valence-electron chi connectivity index (χ0n) is 22.1. The maximum atomic E-state index is 15.0. The van der Waals surface area contributed by atoms with E-state index in [1.165, 1.54) is 30.5 Å². The fraction of sp³-hybridized carbons (Fsp3) is 0.345. The van der Waals surface area contributed by atoms with Crippen molar-refractivity contribution < 1.29 is 31.9 Å². The largest absolute Gasteiger partial charge is 0.493 e. The van der Waals surface area contributed by atoms with Crippen molar-refractivity contribution in [1.29, 1.82) is 0 Å². The third kappa shape index (κ3) is 6.27. The average Bonchev–Trinajstić information content (AvgIpc) is 3.52. The number of carbonyl (C=O) groups is 2. The molecule has 0 bridgehead atoms. The number of hydrogen-bond donors (Lipinski definition) is 3. The molecule has 8 nitrogen and oxygen atoms in total. The molecule has 2 atom stereocenters. The third-order valence-electron chi connectivity index (χ3n) is 7.37. The summed E-state index contributed by atoms with van der Waals surface area (Å²) in [4.78, 5) is 41.6. The molecule has 0 unspecified atom stereocenters. The molecule has 2 aromatic carbocycles. The van der Waals surface area contributed by atoms with Crippen molar-refractivity contribution in [2.45, 2.75) is 19.5 Å². The van der Waals surface area contributed by atoms with E-state index in [1.54, 1.807) is 17.9 Å². The number of amides is 2. The number of pyridine rings is 1. The highest BCUT2D eigenvalue weighted by molar-refractivity contribution is 5.98. The summed E-state index contributed by atoms with van der Waals surface area (Å²) in [5.74, 6) is -1.21. The Kier molecular flexibility index (Phi) is 7.85. The van der Waals surface area contributed by atoms with Crippen molar-refractivity contribution in [2.24, 2.45) is 11.8 Å². The Morgan fingerprint density at radius 3 is 2.46 bits per heavy atom. The van der Waals surface area contributed by atoms with Gasteiger partial charge in [0.15, 0.2) is 0 Å². The minimum Gasteiger partial charge on any atom is -0.493 e. The summed E-state index contributed by atoms with van der Waals surface area (Å²) >= 11 is 0. The summed E-state index contributed by atoms with van der Waals surface area (Å²) < 4.78 is 61.5. The number of rotatable bonds is 7. The molecular formula is C29H28F4N4O4. The van der Waals surface area contributed by atoms with Crippen LogP contribution in [0.4, 0.5) is 23.2 Å². The van der Waals surface area contributed by atoms with Crippen LogP contribution in [0.2, 0.25) is 0 Å². The molecule has 2 aliphatic heterocycles. The fourth-order valence-electron chi connectivity index (χ4n) is 5.38. The van der Waals surface area contributed by atoms with Crippen LogP contribution in [-0.2, 0) is 17.4 Å². The Morgan fingerprint density at radius 1 is 1.07 bits per heavy atom. The van der Waals surface area contributed by atoms with Crippen LogP contribution in [0.5, 0.6) is 5.75 Å². The van der Waals surface area contributed by atoms with Gasteiger partial charge in [-0.3, -0.25) is 14.4 Å². The van der Waals surface area contributed by atoms with Crippen LogP contribution in [0.1, 0.15) is 28.4 Å². The van der Waals surface area contributed by atoms with E-state index in [-0.39, 0.29) is 46.6 Å². The van der Waals surface area contributed by atoms with E-state index in [0.717, 1.165) is 25.2 Å². The van der Waals surface area contributed by atoms with Crippen LogP contribution < -0.4 is 20.9 Å². The van der Waals surface area contributed by atoms with E-state index in [2.05, 4.69) is 15.6 Å². The molecule has 3 aromatic rings. The Bertz CT molecular complexity index is 1530. The predicted octanol–water partition coefficient (Wildman–Crippen LogP) is 4.07. The molecule has 216 valence electrons. The second kappa shape index (κ2) is 11.4. The summed E-state index contributed by atoms with van der Waals surface area (Å²) in [7, 11) is 0. The lowest BCUT2D eigenvalue weighted by Gasteiger charge is -2.19. The SMILES string of the molecule is CCOc1cc(=O)[nH]cc1-c1ccc(CC(=O)Nc2cc(C(=O)N3C[C@H]4CNC[C@H]4C3)cc(C(F)(F)F)c2)c(F)c1. The molecule has 2 aliphatic rings. The molecule has 1 aromatic heterocycles. The molecule has 0 saturated carbocycles. The number of aromatic amines is 1. The highest BCUT2D eigenvalue weighted by atomic mass is 19.4. The summed E-state index contributed by atoms with van der Waals surface area (Å²) in [5, 5.41) is 5.64. The third-order valence-corrected chi connectivity index (χ3v) is 7.37. The number of hydrogen-bond acceptors (Lipinski definition) is 5. The zero-order valence-corrected chi connectivity index (χ0v) is 22.1. The lowest BCUT2D eigenvalue weighted by molar-refractivity contribution is -0.137. The number of likely N-dealkylation sites (tertiary alicyclic amines) is 1. The molecule has 12 heteroatoms. The van der Waals surface area contributed by atoms with Gasteiger partial charge in [0.2, 0.25) is 5.91 Å². The zero-order chi connectivity index (χ0) is 29.3. The Morgan fingerprint density at radius 2 is 1.80 bits per heavy atom. The second-order valence-electron chi connectivity index (χ2n) is 10.2. The number of ether oxygens (including phenoxy) is 1. The van der Waals surface area contributed by atoms with Gasteiger partial charge < -0.3 is 25.3 Å². The van der Waals surface area contributed by atoms with Crippen LogP contribution in [0.3, 0.4) is 0 Å². The topological polar surface area (TPSA) is 104 Å². The van der Waals surface area contributed by atoms with E-state index in [1.807, 2.05) is 0 Å². The normalized spacial score (nSPS) is 18.3. The molecule has 0 aliphatic carbocycles. The molecule has 2 saturated heterocycles. The summed E-state index contributed by atoms with van der Waals surface area (Å²) in [5.41, 5.74) is -0.985. The minimum atomic E-state index is -4.74. The summed E-state index contributed by atoms with van der Waals surface area (Å²) in [6.45, 7) is 4.45. The number of nitrogens with one attached hydrogen (secondary N) is 3. The second-order valence-corrected chi connectivity index (χ2v) is 10.2. The van der Waals surface area contributed by atoms with Gasteiger partial charge in [0.05, 0.1) is 18.6 Å². The standard InChI is InChI=1S/C29H28F4N4O4/c1-2-41-25-10-26(38)35-13-23(25)16-3-4-17(24(30)7-16)8-27(39)36-22-6-18(5-21(9-22)29(31,32)33)28(40)37-14-19-11-34-12-20(19)15-37/h3-7,9-10,13,19-20,34H,2,8,11-12,14-15H2,1H3,(H,35,38)(H,36,39)/t19-,20+. The van der Waals surface area contributed by atoms with E-state index in [0.29, 0.717) is 24.2 Å². The molecule has 2 amide bonds. The van der Waals surface area contributed by atoms with Crippen molar-refractivity contribution in [3.05, 3.63) is 81.5 Å². The maximum Gasteiger partial charge on any atom is 0.416 e. The van der Waals surface area contributed by atoms with Crippen molar-refractivity contribution in [3.8, 4) is 16.9 Å². The van der Waals surface area contributed by atoms with Gasteiger partial charge in [-0.05, 0) is 54.2 Å². The van der Waals surface area contributed by atoms with Crippen LogP contribution >= 0.6 is 0 Å². The van der Waals surface area contributed by atoms with Gasteiger partial charge in [0.1, 0.15) is 11.6 Å². The fourth-order valence-corrected chi connectivity index (χ4v) is 5.38. The number of H-pyrrole nitrogens is 1. The van der Waals surface area contributed by atoms with E-state index < -0.39 is 35.8 Å². The van der Waals surface area contributed by atoms with Gasteiger partial charge in [-0.2, -0.15) is 13.2 Å². The number of halogens is 4.